The summed E-state index contributed by atoms with van der Waals surface area (Å²) < 4.78 is 0. The van der Waals surface area contributed by atoms with Crippen LogP contribution in [0.15, 0.2) is 18.2 Å². The van der Waals surface area contributed by atoms with Crippen LogP contribution >= 0.6 is 11.6 Å². The van der Waals surface area contributed by atoms with Gasteiger partial charge in [-0.3, -0.25) is 14.9 Å². The van der Waals surface area contributed by atoms with E-state index in [2.05, 4.69) is 0 Å². The molecule has 0 radical (unpaired) electrons. The zero-order valence-corrected chi connectivity index (χ0v) is 10.7. The molecule has 0 bridgehead atoms. The van der Waals surface area contributed by atoms with Crippen LogP contribution in [0.2, 0.25) is 5.02 Å². The summed E-state index contributed by atoms with van der Waals surface area (Å²) in [4.78, 5) is 23.5. The van der Waals surface area contributed by atoms with Crippen molar-refractivity contribution >= 4 is 23.2 Å². The molecule has 1 aromatic rings. The van der Waals surface area contributed by atoms with Crippen LogP contribution in [0.25, 0.3) is 0 Å². The van der Waals surface area contributed by atoms with Crippen molar-refractivity contribution in [2.24, 2.45) is 0 Å². The number of nitrogens with zero attached hydrogens (tertiary/aromatic N) is 2. The second-order valence-corrected chi connectivity index (χ2v) is 4.04. The molecule has 0 spiro atoms. The Bertz CT molecular complexity index is 474. The van der Waals surface area contributed by atoms with Gasteiger partial charge < -0.3 is 15.1 Å². The van der Waals surface area contributed by atoms with Crippen LogP contribution < -0.4 is 0 Å². The lowest BCUT2D eigenvalue weighted by Gasteiger charge is -2.21. The SMILES string of the molecule is O=C(c1c(Cl)cccc1[N+](=O)[O-])N(CCO)CCO. The number of hydrogen-bond donors (Lipinski definition) is 2. The van der Waals surface area contributed by atoms with Crippen molar-refractivity contribution in [3.8, 4) is 0 Å². The maximum absolute atomic E-state index is 12.2. The quantitative estimate of drug-likeness (QED) is 0.591. The van der Waals surface area contributed by atoms with E-state index >= 15 is 0 Å². The Kier molecular flexibility index (Phi) is 5.68. The van der Waals surface area contributed by atoms with E-state index in [1.54, 1.807) is 0 Å². The van der Waals surface area contributed by atoms with Crippen molar-refractivity contribution in [1.82, 2.24) is 4.90 Å². The summed E-state index contributed by atoms with van der Waals surface area (Å²) in [5, 5.41) is 28.6. The molecule has 0 fully saturated rings. The standard InChI is InChI=1S/C11H13ClN2O5/c12-8-2-1-3-9(14(18)19)10(8)11(17)13(4-6-15)5-7-16/h1-3,15-16H,4-7H2. The number of aliphatic hydroxyl groups excluding tert-OH is 2. The summed E-state index contributed by atoms with van der Waals surface area (Å²) >= 11 is 5.84. The molecule has 0 aliphatic heterocycles. The maximum atomic E-state index is 12.2. The summed E-state index contributed by atoms with van der Waals surface area (Å²) in [6.07, 6.45) is 0. The molecular weight excluding hydrogens is 276 g/mol. The second-order valence-electron chi connectivity index (χ2n) is 3.63. The van der Waals surface area contributed by atoms with Crippen molar-refractivity contribution in [3.05, 3.63) is 38.9 Å². The number of carbonyl (C=O) groups excluding carboxylic acids is 1. The summed E-state index contributed by atoms with van der Waals surface area (Å²) in [7, 11) is 0. The molecular formula is C11H13ClN2O5. The Morgan fingerprint density at radius 3 is 2.37 bits per heavy atom. The predicted octanol–water partition coefficient (Wildman–Crippen LogP) is 0.675. The van der Waals surface area contributed by atoms with Crippen LogP contribution in [0.1, 0.15) is 10.4 Å². The highest BCUT2D eigenvalue weighted by Gasteiger charge is 2.26. The molecule has 0 unspecified atom stereocenters. The van der Waals surface area contributed by atoms with E-state index in [1.165, 1.54) is 18.2 Å². The molecule has 0 aromatic heterocycles. The van der Waals surface area contributed by atoms with Gasteiger partial charge in [-0.05, 0) is 6.07 Å². The minimum Gasteiger partial charge on any atom is -0.395 e. The lowest BCUT2D eigenvalue weighted by molar-refractivity contribution is -0.385. The lowest BCUT2D eigenvalue weighted by atomic mass is 10.1. The Balaban J connectivity index is 3.19. The number of carbonyl (C=O) groups is 1. The molecule has 1 amide bonds. The number of nitro groups is 1. The smallest absolute Gasteiger partial charge is 0.283 e. The van der Waals surface area contributed by atoms with Crippen molar-refractivity contribution in [2.45, 2.75) is 0 Å². The number of hydrogen-bond acceptors (Lipinski definition) is 5. The first-order valence-corrected chi connectivity index (χ1v) is 5.84. The molecule has 19 heavy (non-hydrogen) atoms. The molecule has 7 nitrogen and oxygen atoms in total. The van der Waals surface area contributed by atoms with Gasteiger partial charge >= 0.3 is 0 Å². The van der Waals surface area contributed by atoms with E-state index in [0.717, 1.165) is 4.90 Å². The van der Waals surface area contributed by atoms with E-state index in [-0.39, 0.29) is 36.9 Å². The average molecular weight is 289 g/mol. The van der Waals surface area contributed by atoms with E-state index in [1.807, 2.05) is 0 Å². The Morgan fingerprint density at radius 1 is 1.32 bits per heavy atom. The van der Waals surface area contributed by atoms with Crippen molar-refractivity contribution < 1.29 is 19.9 Å². The third-order valence-corrected chi connectivity index (χ3v) is 2.74. The second kappa shape index (κ2) is 7.03. The first-order chi connectivity index (χ1) is 9.02. The van der Waals surface area contributed by atoms with Crippen LogP contribution in [0.5, 0.6) is 0 Å². The van der Waals surface area contributed by atoms with E-state index < -0.39 is 16.5 Å². The fourth-order valence-corrected chi connectivity index (χ4v) is 1.84. The van der Waals surface area contributed by atoms with Crippen molar-refractivity contribution in [3.63, 3.8) is 0 Å². The van der Waals surface area contributed by atoms with Crippen molar-refractivity contribution in [1.29, 1.82) is 0 Å². The highest BCUT2D eigenvalue weighted by molar-refractivity contribution is 6.34. The number of halogens is 1. The largest absolute Gasteiger partial charge is 0.395 e. The number of rotatable bonds is 6. The number of aliphatic hydroxyl groups is 2. The summed E-state index contributed by atoms with van der Waals surface area (Å²) in [6.45, 7) is -0.711. The molecule has 0 atom stereocenters. The van der Waals surface area contributed by atoms with Gasteiger partial charge in [0.05, 0.1) is 23.2 Å². The van der Waals surface area contributed by atoms with Gasteiger partial charge in [0.25, 0.3) is 11.6 Å². The molecule has 1 aromatic carbocycles. The molecule has 2 N–H and O–H groups in total. The highest BCUT2D eigenvalue weighted by Crippen LogP contribution is 2.27. The summed E-state index contributed by atoms with van der Waals surface area (Å²) in [6, 6.07) is 3.92. The molecule has 0 saturated carbocycles. The normalized spacial score (nSPS) is 10.3. The van der Waals surface area contributed by atoms with Crippen LogP contribution in [0, 0.1) is 10.1 Å². The van der Waals surface area contributed by atoms with Gasteiger partial charge in [-0.15, -0.1) is 0 Å². The van der Waals surface area contributed by atoms with Gasteiger partial charge in [-0.25, -0.2) is 0 Å². The fraction of sp³-hybridized carbons (Fsp3) is 0.364. The van der Waals surface area contributed by atoms with Crippen LogP contribution in [0.4, 0.5) is 5.69 Å². The third kappa shape index (κ3) is 3.63. The molecule has 1 rings (SSSR count). The van der Waals surface area contributed by atoms with Gasteiger partial charge in [0, 0.05) is 19.2 Å². The number of benzene rings is 1. The van der Waals surface area contributed by atoms with Crippen LogP contribution in [0.3, 0.4) is 0 Å². The fourth-order valence-electron chi connectivity index (χ4n) is 1.59. The Hall–Kier alpha value is -1.70. The zero-order chi connectivity index (χ0) is 14.4. The third-order valence-electron chi connectivity index (χ3n) is 2.43. The van der Waals surface area contributed by atoms with Crippen LogP contribution in [-0.4, -0.2) is 52.2 Å². The average Bonchev–Trinajstić information content (AvgIpc) is 2.37. The van der Waals surface area contributed by atoms with Gasteiger partial charge in [0.1, 0.15) is 5.56 Å². The summed E-state index contributed by atoms with van der Waals surface area (Å²) in [5.74, 6) is -0.694. The molecule has 0 heterocycles. The minimum absolute atomic E-state index is 0.0399. The van der Waals surface area contributed by atoms with Gasteiger partial charge in [0.2, 0.25) is 0 Å². The van der Waals surface area contributed by atoms with Gasteiger partial charge in [-0.2, -0.15) is 0 Å². The first-order valence-electron chi connectivity index (χ1n) is 5.46. The van der Waals surface area contributed by atoms with E-state index in [0.29, 0.717) is 0 Å². The van der Waals surface area contributed by atoms with Crippen molar-refractivity contribution in [2.75, 3.05) is 26.3 Å². The molecule has 0 aliphatic carbocycles. The van der Waals surface area contributed by atoms with Gasteiger partial charge in [0.15, 0.2) is 0 Å². The highest BCUT2D eigenvalue weighted by atomic mass is 35.5. The monoisotopic (exact) mass is 288 g/mol. The summed E-state index contributed by atoms with van der Waals surface area (Å²) in [5.41, 5.74) is -0.644. The topological polar surface area (TPSA) is 104 Å². The van der Waals surface area contributed by atoms with E-state index in [9.17, 15) is 14.9 Å². The molecule has 0 aliphatic rings. The molecule has 8 heteroatoms. The Labute approximate surface area is 114 Å². The molecule has 104 valence electrons. The van der Waals surface area contributed by atoms with Gasteiger partial charge in [-0.1, -0.05) is 17.7 Å². The minimum atomic E-state index is -0.699. The van der Waals surface area contributed by atoms with E-state index in [4.69, 9.17) is 21.8 Å². The predicted molar refractivity (Wildman–Crippen MR) is 68.2 cm³/mol. The first kappa shape index (κ1) is 15.4. The number of nitro benzene ring substituents is 1. The lowest BCUT2D eigenvalue weighted by Crippen LogP contribution is -2.36. The number of amides is 1. The molecule has 0 saturated heterocycles. The van der Waals surface area contributed by atoms with Crippen LogP contribution in [-0.2, 0) is 0 Å². The Morgan fingerprint density at radius 2 is 1.89 bits per heavy atom. The maximum Gasteiger partial charge on any atom is 0.283 e. The zero-order valence-electron chi connectivity index (χ0n) is 9.95.